The standard InChI is InChI=1S/C14H18ClNO3/c1-4-14(3,13(18)19)8-16-12(17)10-5-6-11(15)9(2)7-10/h5-7H,4,8H2,1-3H3,(H,16,17)(H,18,19). The Bertz CT molecular complexity index is 501. The Kier molecular flexibility index (Phi) is 4.95. The SMILES string of the molecule is CCC(C)(CNC(=O)c1ccc(Cl)c(C)c1)C(=O)O. The van der Waals surface area contributed by atoms with Crippen LogP contribution in [0.4, 0.5) is 0 Å². The second kappa shape index (κ2) is 6.06. The molecule has 19 heavy (non-hydrogen) atoms. The van der Waals surface area contributed by atoms with Crippen LogP contribution in [0.25, 0.3) is 0 Å². The largest absolute Gasteiger partial charge is 0.481 e. The van der Waals surface area contributed by atoms with E-state index >= 15 is 0 Å². The van der Waals surface area contributed by atoms with Crippen LogP contribution in [0.5, 0.6) is 0 Å². The molecule has 0 saturated heterocycles. The highest BCUT2D eigenvalue weighted by atomic mass is 35.5. The minimum atomic E-state index is -0.947. The third kappa shape index (κ3) is 3.70. The second-order valence-corrected chi connectivity index (χ2v) is 5.27. The summed E-state index contributed by atoms with van der Waals surface area (Å²) in [6.45, 7) is 5.31. The Balaban J connectivity index is 2.75. The van der Waals surface area contributed by atoms with Crippen LogP contribution in [-0.2, 0) is 4.79 Å². The third-order valence-electron chi connectivity index (χ3n) is 3.36. The van der Waals surface area contributed by atoms with Gasteiger partial charge in [-0.2, -0.15) is 0 Å². The van der Waals surface area contributed by atoms with Gasteiger partial charge in [0, 0.05) is 17.1 Å². The van der Waals surface area contributed by atoms with E-state index in [0.29, 0.717) is 17.0 Å². The average molecular weight is 284 g/mol. The number of aryl methyl sites for hydroxylation is 1. The van der Waals surface area contributed by atoms with E-state index < -0.39 is 11.4 Å². The molecule has 0 fully saturated rings. The van der Waals surface area contributed by atoms with Gasteiger partial charge in [-0.15, -0.1) is 0 Å². The minimum Gasteiger partial charge on any atom is -0.481 e. The highest BCUT2D eigenvalue weighted by molar-refractivity contribution is 6.31. The molecule has 4 nitrogen and oxygen atoms in total. The number of carbonyl (C=O) groups excluding carboxylic acids is 1. The summed E-state index contributed by atoms with van der Waals surface area (Å²) in [6, 6.07) is 4.96. The molecule has 1 amide bonds. The molecule has 0 aliphatic rings. The van der Waals surface area contributed by atoms with E-state index in [1.165, 1.54) is 0 Å². The maximum atomic E-state index is 11.9. The van der Waals surface area contributed by atoms with Gasteiger partial charge in [-0.1, -0.05) is 18.5 Å². The van der Waals surface area contributed by atoms with Gasteiger partial charge in [0.05, 0.1) is 5.41 Å². The van der Waals surface area contributed by atoms with Gasteiger partial charge in [-0.3, -0.25) is 9.59 Å². The number of halogens is 1. The summed E-state index contributed by atoms with van der Waals surface area (Å²) in [5.74, 6) is -1.21. The van der Waals surface area contributed by atoms with Gasteiger partial charge in [0.25, 0.3) is 5.91 Å². The zero-order valence-electron chi connectivity index (χ0n) is 11.3. The highest BCUT2D eigenvalue weighted by Gasteiger charge is 2.31. The number of hydrogen-bond donors (Lipinski definition) is 2. The first-order valence-corrected chi connectivity index (χ1v) is 6.45. The van der Waals surface area contributed by atoms with Crippen molar-refractivity contribution in [3.05, 3.63) is 34.3 Å². The third-order valence-corrected chi connectivity index (χ3v) is 3.78. The number of benzene rings is 1. The van der Waals surface area contributed by atoms with E-state index in [0.717, 1.165) is 5.56 Å². The average Bonchev–Trinajstić information content (AvgIpc) is 2.38. The fraction of sp³-hybridized carbons (Fsp3) is 0.429. The Morgan fingerprint density at radius 3 is 2.53 bits per heavy atom. The normalized spacial score (nSPS) is 13.7. The van der Waals surface area contributed by atoms with Crippen LogP contribution in [0, 0.1) is 12.3 Å². The molecular formula is C14H18ClNO3. The van der Waals surface area contributed by atoms with E-state index in [1.807, 2.05) is 6.92 Å². The number of aliphatic carboxylic acids is 1. The Hall–Kier alpha value is -1.55. The molecule has 0 aliphatic carbocycles. The Labute approximate surface area is 117 Å². The number of amides is 1. The van der Waals surface area contributed by atoms with Crippen LogP contribution >= 0.6 is 11.6 Å². The van der Waals surface area contributed by atoms with Crippen LogP contribution in [0.1, 0.15) is 36.2 Å². The number of carbonyl (C=O) groups is 2. The van der Waals surface area contributed by atoms with Crippen molar-refractivity contribution in [3.63, 3.8) is 0 Å². The predicted molar refractivity (Wildman–Crippen MR) is 74.6 cm³/mol. The molecule has 0 bridgehead atoms. The Morgan fingerprint density at radius 2 is 2.05 bits per heavy atom. The molecule has 0 aromatic heterocycles. The lowest BCUT2D eigenvalue weighted by molar-refractivity contribution is -0.147. The monoisotopic (exact) mass is 283 g/mol. The van der Waals surface area contributed by atoms with Crippen molar-refractivity contribution < 1.29 is 14.7 Å². The van der Waals surface area contributed by atoms with Gasteiger partial charge >= 0.3 is 5.97 Å². The fourth-order valence-corrected chi connectivity index (χ4v) is 1.63. The van der Waals surface area contributed by atoms with Crippen LogP contribution in [0.15, 0.2) is 18.2 Å². The zero-order valence-corrected chi connectivity index (χ0v) is 12.0. The molecule has 0 aliphatic heterocycles. The van der Waals surface area contributed by atoms with Crippen LogP contribution in [-0.4, -0.2) is 23.5 Å². The molecule has 0 saturated carbocycles. The van der Waals surface area contributed by atoms with Gasteiger partial charge in [0.1, 0.15) is 0 Å². The fourth-order valence-electron chi connectivity index (χ4n) is 1.52. The summed E-state index contributed by atoms with van der Waals surface area (Å²) in [7, 11) is 0. The molecule has 1 unspecified atom stereocenters. The van der Waals surface area contributed by atoms with Crippen LogP contribution in [0.3, 0.4) is 0 Å². The summed E-state index contributed by atoms with van der Waals surface area (Å²) >= 11 is 5.89. The van der Waals surface area contributed by atoms with Crippen LogP contribution < -0.4 is 5.32 Å². The van der Waals surface area contributed by atoms with Crippen molar-refractivity contribution in [1.29, 1.82) is 0 Å². The molecule has 1 aromatic carbocycles. The topological polar surface area (TPSA) is 66.4 Å². The first-order chi connectivity index (χ1) is 8.80. The Morgan fingerprint density at radius 1 is 1.42 bits per heavy atom. The smallest absolute Gasteiger partial charge is 0.311 e. The first kappa shape index (κ1) is 15.5. The molecule has 1 aromatic rings. The molecular weight excluding hydrogens is 266 g/mol. The second-order valence-electron chi connectivity index (χ2n) is 4.87. The van der Waals surface area contributed by atoms with Gasteiger partial charge in [0.2, 0.25) is 0 Å². The minimum absolute atomic E-state index is 0.0966. The van der Waals surface area contributed by atoms with Crippen molar-refractivity contribution in [3.8, 4) is 0 Å². The molecule has 2 N–H and O–H groups in total. The van der Waals surface area contributed by atoms with Crippen molar-refractivity contribution in [2.45, 2.75) is 27.2 Å². The number of carboxylic acids is 1. The highest BCUT2D eigenvalue weighted by Crippen LogP contribution is 2.20. The summed E-state index contributed by atoms with van der Waals surface area (Å²) in [5.41, 5.74) is 0.341. The molecule has 1 atom stereocenters. The zero-order chi connectivity index (χ0) is 14.6. The van der Waals surface area contributed by atoms with Crippen molar-refractivity contribution in [2.75, 3.05) is 6.54 Å². The lowest BCUT2D eigenvalue weighted by Gasteiger charge is -2.23. The molecule has 0 spiro atoms. The van der Waals surface area contributed by atoms with Crippen LogP contribution in [0.2, 0.25) is 5.02 Å². The molecule has 0 heterocycles. The molecule has 5 heteroatoms. The maximum Gasteiger partial charge on any atom is 0.311 e. The lowest BCUT2D eigenvalue weighted by atomic mass is 9.87. The lowest BCUT2D eigenvalue weighted by Crippen LogP contribution is -2.40. The summed E-state index contributed by atoms with van der Waals surface area (Å²) in [4.78, 5) is 23.1. The van der Waals surface area contributed by atoms with E-state index in [2.05, 4.69) is 5.32 Å². The van der Waals surface area contributed by atoms with Gasteiger partial charge in [-0.25, -0.2) is 0 Å². The van der Waals surface area contributed by atoms with E-state index in [-0.39, 0.29) is 12.5 Å². The molecule has 0 radical (unpaired) electrons. The summed E-state index contributed by atoms with van der Waals surface area (Å²) < 4.78 is 0. The molecule has 104 valence electrons. The number of rotatable bonds is 5. The summed E-state index contributed by atoms with van der Waals surface area (Å²) in [5, 5.41) is 12.4. The summed E-state index contributed by atoms with van der Waals surface area (Å²) in [6.07, 6.45) is 0.447. The first-order valence-electron chi connectivity index (χ1n) is 6.08. The van der Waals surface area contributed by atoms with Crippen molar-refractivity contribution >= 4 is 23.5 Å². The number of nitrogens with one attached hydrogen (secondary N) is 1. The van der Waals surface area contributed by atoms with E-state index in [9.17, 15) is 9.59 Å². The van der Waals surface area contributed by atoms with Crippen molar-refractivity contribution in [1.82, 2.24) is 5.32 Å². The quantitative estimate of drug-likeness (QED) is 0.873. The number of hydrogen-bond acceptors (Lipinski definition) is 2. The van der Waals surface area contributed by atoms with Gasteiger partial charge in [-0.05, 0) is 44.0 Å². The molecule has 1 rings (SSSR count). The maximum absolute atomic E-state index is 11.9. The van der Waals surface area contributed by atoms with E-state index in [1.54, 1.807) is 32.0 Å². The predicted octanol–water partition coefficient (Wildman–Crippen LogP) is 2.88. The number of carboxylic acid groups (broad SMARTS) is 1. The van der Waals surface area contributed by atoms with Gasteiger partial charge in [0.15, 0.2) is 0 Å². The van der Waals surface area contributed by atoms with Crippen molar-refractivity contribution in [2.24, 2.45) is 5.41 Å². The van der Waals surface area contributed by atoms with E-state index in [4.69, 9.17) is 16.7 Å². The van der Waals surface area contributed by atoms with Gasteiger partial charge < -0.3 is 10.4 Å².